The summed E-state index contributed by atoms with van der Waals surface area (Å²) >= 11 is 0. The van der Waals surface area contributed by atoms with Crippen LogP contribution in [0.3, 0.4) is 0 Å². The maximum absolute atomic E-state index is 13.2. The van der Waals surface area contributed by atoms with Crippen LogP contribution in [-0.4, -0.2) is 47.7 Å². The summed E-state index contributed by atoms with van der Waals surface area (Å²) in [6, 6.07) is 6.98. The van der Waals surface area contributed by atoms with Crippen LogP contribution >= 0.6 is 0 Å². The Morgan fingerprint density at radius 3 is 2.71 bits per heavy atom. The van der Waals surface area contributed by atoms with Crippen molar-refractivity contribution < 1.29 is 27.8 Å². The van der Waals surface area contributed by atoms with Crippen molar-refractivity contribution in [3.8, 4) is 28.5 Å². The smallest absolute Gasteiger partial charge is 0.387 e. The van der Waals surface area contributed by atoms with Gasteiger partial charge in [-0.25, -0.2) is 4.98 Å². The number of hydrogen-bond donors (Lipinski definition) is 2. The first-order valence-corrected chi connectivity index (χ1v) is 11.2. The highest BCUT2D eigenvalue weighted by Gasteiger charge is 2.29. The second-order valence-corrected chi connectivity index (χ2v) is 8.82. The molecule has 3 N–H and O–H groups in total. The second-order valence-electron chi connectivity index (χ2n) is 8.82. The van der Waals surface area contributed by atoms with Gasteiger partial charge in [0.1, 0.15) is 28.5 Å². The summed E-state index contributed by atoms with van der Waals surface area (Å²) in [7, 11) is 1.38. The predicted octanol–water partition coefficient (Wildman–Crippen LogP) is 3.62. The normalized spacial score (nSPS) is 19.7. The average molecular weight is 472 g/mol. The number of carbonyl (C=O) groups is 1. The molecule has 180 valence electrons. The maximum Gasteiger partial charge on any atom is 0.387 e. The monoisotopic (exact) mass is 472 g/mol. The minimum absolute atomic E-state index is 0.0486. The zero-order valence-electron chi connectivity index (χ0n) is 18.7. The molecule has 0 aliphatic heterocycles. The lowest BCUT2D eigenvalue weighted by atomic mass is 9.82. The molecule has 2 aromatic heterocycles. The molecule has 0 atom stereocenters. The molecular formula is C24H26F2N4O4. The largest absolute Gasteiger partial charge is 0.496 e. The van der Waals surface area contributed by atoms with Crippen LogP contribution in [0, 0.1) is 5.92 Å². The number of nitrogens with zero attached hydrogens (tertiary/aromatic N) is 2. The van der Waals surface area contributed by atoms with Crippen LogP contribution in [0.5, 0.6) is 17.2 Å². The molecule has 0 radical (unpaired) electrons. The quantitative estimate of drug-likeness (QED) is 0.494. The molecule has 2 heterocycles. The first-order valence-electron chi connectivity index (χ1n) is 11.2. The molecule has 8 nitrogen and oxygen atoms in total. The van der Waals surface area contributed by atoms with Crippen molar-refractivity contribution in [3.05, 3.63) is 42.2 Å². The molecule has 34 heavy (non-hydrogen) atoms. The molecular weight excluding hydrogens is 446 g/mol. The fourth-order valence-corrected chi connectivity index (χ4v) is 4.20. The van der Waals surface area contributed by atoms with Crippen LogP contribution in [-0.2, 0) is 0 Å². The van der Waals surface area contributed by atoms with E-state index in [0.717, 1.165) is 25.7 Å². The Labute approximate surface area is 195 Å². The molecule has 5 rings (SSSR count). The Morgan fingerprint density at radius 1 is 1.26 bits per heavy atom. The number of nitrogens with one attached hydrogen (secondary N) is 1. The second kappa shape index (κ2) is 9.09. The molecule has 3 aromatic rings. The van der Waals surface area contributed by atoms with Gasteiger partial charge in [-0.3, -0.25) is 9.20 Å². The minimum atomic E-state index is -3.10. The number of rotatable bonds is 9. The van der Waals surface area contributed by atoms with Crippen LogP contribution in [0.1, 0.15) is 36.0 Å². The summed E-state index contributed by atoms with van der Waals surface area (Å²) in [4.78, 5) is 17.2. The number of ether oxygens (including phenoxy) is 3. The molecule has 2 fully saturated rings. The van der Waals surface area contributed by atoms with E-state index in [9.17, 15) is 13.6 Å². The van der Waals surface area contributed by atoms with Gasteiger partial charge >= 0.3 is 6.61 Å². The Bertz CT molecular complexity index is 1210. The minimum Gasteiger partial charge on any atom is -0.496 e. The lowest BCUT2D eigenvalue weighted by molar-refractivity contribution is -0.0502. The predicted molar refractivity (Wildman–Crippen MR) is 120 cm³/mol. The number of imidazole rings is 1. The van der Waals surface area contributed by atoms with Crippen molar-refractivity contribution in [1.82, 2.24) is 14.7 Å². The SMILES string of the molecule is COc1cc(-c2cnc3cc(OCC4CC(N)C4)ccn23)cc(OC(F)F)c1C(=O)NC1CC1. The third-order valence-electron chi connectivity index (χ3n) is 6.18. The van der Waals surface area contributed by atoms with Crippen molar-refractivity contribution >= 4 is 11.6 Å². The number of methoxy groups -OCH3 is 1. The number of benzene rings is 1. The standard InChI is InChI=1S/C24H26F2N4O4/c1-32-19-8-14(9-20(34-24(25)26)22(19)23(31)29-16-2-3-16)18-11-28-21-10-17(4-5-30(18)21)33-12-13-6-15(27)7-13/h4-5,8-11,13,15-16,24H,2-3,6-7,12,27H2,1H3,(H,29,31). The zero-order valence-corrected chi connectivity index (χ0v) is 18.7. The fourth-order valence-electron chi connectivity index (χ4n) is 4.20. The fraction of sp³-hybridized carbons (Fsp3) is 0.417. The Hall–Kier alpha value is -3.40. The first kappa shape index (κ1) is 22.4. The van der Waals surface area contributed by atoms with E-state index in [1.807, 2.05) is 12.1 Å². The number of alkyl halides is 2. The van der Waals surface area contributed by atoms with Gasteiger partial charge in [0.05, 0.1) is 25.6 Å². The van der Waals surface area contributed by atoms with E-state index in [-0.39, 0.29) is 29.1 Å². The van der Waals surface area contributed by atoms with E-state index in [2.05, 4.69) is 10.3 Å². The molecule has 2 saturated carbocycles. The van der Waals surface area contributed by atoms with Gasteiger partial charge in [0.15, 0.2) is 0 Å². The first-order chi connectivity index (χ1) is 16.4. The van der Waals surface area contributed by atoms with Crippen LogP contribution in [0.15, 0.2) is 36.7 Å². The Kier molecular flexibility index (Phi) is 5.99. The molecule has 1 amide bonds. The number of nitrogens with two attached hydrogens (primary N) is 1. The maximum atomic E-state index is 13.2. The molecule has 1 aromatic carbocycles. The Morgan fingerprint density at radius 2 is 2.03 bits per heavy atom. The molecule has 0 spiro atoms. The lowest BCUT2D eigenvalue weighted by Crippen LogP contribution is -2.39. The van der Waals surface area contributed by atoms with Gasteiger partial charge in [-0.2, -0.15) is 8.78 Å². The highest BCUT2D eigenvalue weighted by molar-refractivity contribution is 6.01. The summed E-state index contributed by atoms with van der Waals surface area (Å²) in [5, 5.41) is 2.80. The molecule has 0 bridgehead atoms. The molecule has 2 aliphatic rings. The number of hydrogen-bond acceptors (Lipinski definition) is 6. The van der Waals surface area contributed by atoms with E-state index in [1.54, 1.807) is 22.9 Å². The highest BCUT2D eigenvalue weighted by Crippen LogP contribution is 2.37. The number of amides is 1. The van der Waals surface area contributed by atoms with Crippen molar-refractivity contribution in [2.45, 2.75) is 44.4 Å². The third-order valence-corrected chi connectivity index (χ3v) is 6.18. The molecule has 0 unspecified atom stereocenters. The van der Waals surface area contributed by atoms with E-state index < -0.39 is 12.5 Å². The number of aromatic nitrogens is 2. The number of halogens is 2. The topological polar surface area (TPSA) is 100 Å². The number of carbonyl (C=O) groups excluding carboxylic acids is 1. The third kappa shape index (κ3) is 4.63. The number of pyridine rings is 1. The van der Waals surface area contributed by atoms with Crippen LogP contribution in [0.4, 0.5) is 8.78 Å². The van der Waals surface area contributed by atoms with Crippen LogP contribution in [0.25, 0.3) is 16.9 Å². The van der Waals surface area contributed by atoms with Crippen molar-refractivity contribution in [1.29, 1.82) is 0 Å². The molecule has 0 saturated heterocycles. The summed E-state index contributed by atoms with van der Waals surface area (Å²) in [5.41, 5.74) is 7.54. The van der Waals surface area contributed by atoms with Gasteiger partial charge in [-0.15, -0.1) is 0 Å². The lowest BCUT2D eigenvalue weighted by Gasteiger charge is -2.32. The zero-order chi connectivity index (χ0) is 23.8. The summed E-state index contributed by atoms with van der Waals surface area (Å²) in [5.74, 6) is 0.541. The van der Waals surface area contributed by atoms with Gasteiger partial charge in [0.2, 0.25) is 0 Å². The van der Waals surface area contributed by atoms with Crippen molar-refractivity contribution in [3.63, 3.8) is 0 Å². The van der Waals surface area contributed by atoms with Gasteiger partial charge in [-0.1, -0.05) is 0 Å². The summed E-state index contributed by atoms with van der Waals surface area (Å²) in [6.45, 7) is -2.49. The van der Waals surface area contributed by atoms with E-state index in [1.165, 1.54) is 13.2 Å². The van der Waals surface area contributed by atoms with E-state index >= 15 is 0 Å². The van der Waals surface area contributed by atoms with Crippen LogP contribution in [0.2, 0.25) is 0 Å². The molecule has 2 aliphatic carbocycles. The highest BCUT2D eigenvalue weighted by atomic mass is 19.3. The molecule has 10 heteroatoms. The van der Waals surface area contributed by atoms with Gasteiger partial charge in [0, 0.05) is 29.9 Å². The van der Waals surface area contributed by atoms with Crippen LogP contribution < -0.4 is 25.3 Å². The van der Waals surface area contributed by atoms with Crippen molar-refractivity contribution in [2.24, 2.45) is 11.7 Å². The van der Waals surface area contributed by atoms with Gasteiger partial charge in [-0.05, 0) is 49.8 Å². The summed E-state index contributed by atoms with van der Waals surface area (Å²) < 4.78 is 44.2. The Balaban J connectivity index is 1.45. The number of fused-ring (bicyclic) bond motifs is 1. The van der Waals surface area contributed by atoms with E-state index in [0.29, 0.717) is 35.2 Å². The van der Waals surface area contributed by atoms with Gasteiger partial charge in [0.25, 0.3) is 5.91 Å². The van der Waals surface area contributed by atoms with Gasteiger partial charge < -0.3 is 25.3 Å². The van der Waals surface area contributed by atoms with Crippen molar-refractivity contribution in [2.75, 3.05) is 13.7 Å². The van der Waals surface area contributed by atoms with E-state index in [4.69, 9.17) is 19.9 Å². The summed E-state index contributed by atoms with van der Waals surface area (Å²) in [6.07, 6.45) is 7.07. The average Bonchev–Trinajstić information content (AvgIpc) is 3.50.